The van der Waals surface area contributed by atoms with Crippen molar-refractivity contribution in [2.24, 2.45) is 0 Å². The van der Waals surface area contributed by atoms with Crippen molar-refractivity contribution < 1.29 is 18.3 Å². The first-order chi connectivity index (χ1) is 8.57. The lowest BCUT2D eigenvalue weighted by molar-refractivity contribution is 0.230. The third-order valence-electron chi connectivity index (χ3n) is 2.33. The Morgan fingerprint density at radius 1 is 1.28 bits per heavy atom. The van der Waals surface area contributed by atoms with Crippen LogP contribution in [0.2, 0.25) is 0 Å². The van der Waals surface area contributed by atoms with Crippen LogP contribution in [0.15, 0.2) is 30.8 Å². The molecule has 0 bridgehead atoms. The number of methoxy groups -OCH3 is 1. The molecule has 0 amide bonds. The summed E-state index contributed by atoms with van der Waals surface area (Å²) in [7, 11) is -1.74. The van der Waals surface area contributed by atoms with E-state index in [1.165, 1.54) is 0 Å². The van der Waals surface area contributed by atoms with E-state index in [2.05, 4.69) is 6.58 Å². The Hall–Kier alpha value is -1.09. The predicted octanol–water partition coefficient (Wildman–Crippen LogP) is 3.93. The summed E-state index contributed by atoms with van der Waals surface area (Å²) < 4.78 is 28.2. The van der Waals surface area contributed by atoms with E-state index in [0.29, 0.717) is 29.8 Å². The molecular formula is C13H19O4P. The monoisotopic (exact) mass is 270 g/mol. The largest absolute Gasteiger partial charge is 0.497 e. The standard InChI is InChI=1S/C13H19O4P/c1-5-16-18(14,17-6-2)11(3)12-8-7-9-13(10-12)15-4/h7-10H,3,5-6H2,1-2,4H3. The molecule has 1 rings (SSSR count). The maximum Gasteiger partial charge on any atom is 0.361 e. The van der Waals surface area contributed by atoms with Gasteiger partial charge in [0.25, 0.3) is 0 Å². The van der Waals surface area contributed by atoms with Crippen molar-refractivity contribution >= 4 is 12.9 Å². The van der Waals surface area contributed by atoms with Crippen LogP contribution in [0.5, 0.6) is 5.75 Å². The van der Waals surface area contributed by atoms with E-state index < -0.39 is 7.60 Å². The second-order valence-corrected chi connectivity index (χ2v) is 5.56. The Morgan fingerprint density at radius 2 is 1.89 bits per heavy atom. The van der Waals surface area contributed by atoms with Crippen LogP contribution in [0.4, 0.5) is 0 Å². The van der Waals surface area contributed by atoms with Crippen LogP contribution in [-0.4, -0.2) is 20.3 Å². The van der Waals surface area contributed by atoms with E-state index in [1.54, 1.807) is 33.1 Å². The van der Waals surface area contributed by atoms with Gasteiger partial charge < -0.3 is 13.8 Å². The van der Waals surface area contributed by atoms with Gasteiger partial charge in [0.15, 0.2) is 0 Å². The summed E-state index contributed by atoms with van der Waals surface area (Å²) in [6.45, 7) is 7.99. The predicted molar refractivity (Wildman–Crippen MR) is 72.9 cm³/mol. The SMILES string of the molecule is C=C(c1cccc(OC)c1)P(=O)(OCC)OCC. The molecule has 0 saturated carbocycles. The van der Waals surface area contributed by atoms with Crippen LogP contribution in [0, 0.1) is 0 Å². The molecule has 0 radical (unpaired) electrons. The van der Waals surface area contributed by atoms with Gasteiger partial charge in [-0.1, -0.05) is 18.7 Å². The van der Waals surface area contributed by atoms with E-state index in [4.69, 9.17) is 13.8 Å². The number of hydrogen-bond donors (Lipinski definition) is 0. The molecule has 1 aromatic rings. The fourth-order valence-electron chi connectivity index (χ4n) is 1.49. The Kier molecular flexibility index (Phi) is 5.60. The van der Waals surface area contributed by atoms with E-state index in [-0.39, 0.29) is 0 Å². The Labute approximate surface area is 108 Å². The van der Waals surface area contributed by atoms with Gasteiger partial charge in [-0.05, 0) is 31.5 Å². The summed E-state index contributed by atoms with van der Waals surface area (Å²) in [5.74, 6) is 0.674. The maximum atomic E-state index is 12.5. The zero-order valence-electron chi connectivity index (χ0n) is 11.0. The van der Waals surface area contributed by atoms with Crippen LogP contribution in [0.25, 0.3) is 5.31 Å². The first-order valence-electron chi connectivity index (χ1n) is 5.80. The minimum Gasteiger partial charge on any atom is -0.497 e. The molecule has 0 aliphatic heterocycles. The highest BCUT2D eigenvalue weighted by molar-refractivity contribution is 7.65. The van der Waals surface area contributed by atoms with Crippen molar-refractivity contribution in [3.63, 3.8) is 0 Å². The molecule has 18 heavy (non-hydrogen) atoms. The molecule has 0 aliphatic carbocycles. The molecule has 0 unspecified atom stereocenters. The van der Waals surface area contributed by atoms with Gasteiger partial charge in [-0.3, -0.25) is 4.57 Å². The number of rotatable bonds is 7. The minimum atomic E-state index is -3.31. The molecule has 5 heteroatoms. The van der Waals surface area contributed by atoms with E-state index in [9.17, 15) is 4.57 Å². The maximum absolute atomic E-state index is 12.5. The molecule has 0 saturated heterocycles. The van der Waals surface area contributed by atoms with Crippen molar-refractivity contribution in [3.05, 3.63) is 36.4 Å². The van der Waals surface area contributed by atoms with Crippen molar-refractivity contribution in [2.75, 3.05) is 20.3 Å². The van der Waals surface area contributed by atoms with Gasteiger partial charge in [-0.25, -0.2) is 0 Å². The lowest BCUT2D eigenvalue weighted by Crippen LogP contribution is -1.98. The zero-order chi connectivity index (χ0) is 13.6. The summed E-state index contributed by atoms with van der Waals surface area (Å²) >= 11 is 0. The third-order valence-corrected chi connectivity index (χ3v) is 4.45. The highest BCUT2D eigenvalue weighted by Gasteiger charge is 2.29. The molecular weight excluding hydrogens is 251 g/mol. The minimum absolute atomic E-state index is 0.306. The van der Waals surface area contributed by atoms with Crippen LogP contribution in [0.3, 0.4) is 0 Å². The topological polar surface area (TPSA) is 44.8 Å². The van der Waals surface area contributed by atoms with Crippen LogP contribution in [-0.2, 0) is 13.6 Å². The summed E-state index contributed by atoms with van der Waals surface area (Å²) in [6, 6.07) is 7.17. The summed E-state index contributed by atoms with van der Waals surface area (Å²) in [6.07, 6.45) is 0. The van der Waals surface area contributed by atoms with Crippen LogP contribution in [0.1, 0.15) is 19.4 Å². The summed E-state index contributed by atoms with van der Waals surface area (Å²) in [5, 5.41) is 0.352. The number of hydrogen-bond acceptors (Lipinski definition) is 4. The van der Waals surface area contributed by atoms with Gasteiger partial charge in [0.1, 0.15) is 5.75 Å². The second-order valence-electron chi connectivity index (χ2n) is 3.51. The second kappa shape index (κ2) is 6.74. The van der Waals surface area contributed by atoms with Crippen LogP contribution < -0.4 is 4.74 Å². The van der Waals surface area contributed by atoms with Gasteiger partial charge in [-0.2, -0.15) is 0 Å². The Morgan fingerprint density at radius 3 is 2.39 bits per heavy atom. The zero-order valence-corrected chi connectivity index (χ0v) is 11.9. The molecule has 0 N–H and O–H groups in total. The highest BCUT2D eigenvalue weighted by Crippen LogP contribution is 2.59. The average Bonchev–Trinajstić information content (AvgIpc) is 2.38. The molecule has 0 fully saturated rings. The normalized spacial score (nSPS) is 11.3. The molecule has 0 aliphatic rings. The molecule has 0 heterocycles. The van der Waals surface area contributed by atoms with Crippen molar-refractivity contribution in [1.82, 2.24) is 0 Å². The Bertz CT molecular complexity index is 446. The molecule has 0 spiro atoms. The third kappa shape index (κ3) is 3.45. The number of benzene rings is 1. The Balaban J connectivity index is 3.05. The van der Waals surface area contributed by atoms with Gasteiger partial charge in [-0.15, -0.1) is 0 Å². The van der Waals surface area contributed by atoms with Crippen molar-refractivity contribution in [1.29, 1.82) is 0 Å². The highest BCUT2D eigenvalue weighted by atomic mass is 31.2. The molecule has 4 nitrogen and oxygen atoms in total. The van der Waals surface area contributed by atoms with Gasteiger partial charge in [0.05, 0.1) is 25.6 Å². The fraction of sp³-hybridized carbons (Fsp3) is 0.385. The van der Waals surface area contributed by atoms with Gasteiger partial charge in [0.2, 0.25) is 0 Å². The van der Waals surface area contributed by atoms with E-state index in [1.807, 2.05) is 12.1 Å². The van der Waals surface area contributed by atoms with Crippen molar-refractivity contribution in [3.8, 4) is 5.75 Å². The van der Waals surface area contributed by atoms with E-state index >= 15 is 0 Å². The first kappa shape index (κ1) is 15.0. The quantitative estimate of drug-likeness (QED) is 0.704. The average molecular weight is 270 g/mol. The smallest absolute Gasteiger partial charge is 0.361 e. The molecule has 1 aromatic carbocycles. The van der Waals surface area contributed by atoms with E-state index in [0.717, 1.165) is 0 Å². The lowest BCUT2D eigenvalue weighted by Gasteiger charge is -2.19. The number of ether oxygens (including phenoxy) is 1. The van der Waals surface area contributed by atoms with Crippen LogP contribution >= 0.6 is 7.60 Å². The molecule has 100 valence electrons. The summed E-state index contributed by atoms with van der Waals surface area (Å²) in [4.78, 5) is 0. The van der Waals surface area contributed by atoms with Gasteiger partial charge in [0, 0.05) is 0 Å². The lowest BCUT2D eigenvalue weighted by atomic mass is 10.2. The van der Waals surface area contributed by atoms with Gasteiger partial charge >= 0.3 is 7.60 Å². The fourth-order valence-corrected chi connectivity index (χ4v) is 3.02. The van der Waals surface area contributed by atoms with Crippen molar-refractivity contribution in [2.45, 2.75) is 13.8 Å². The molecule has 0 atom stereocenters. The first-order valence-corrected chi connectivity index (χ1v) is 7.34. The summed E-state index contributed by atoms with van der Waals surface area (Å²) in [5.41, 5.74) is 0.694. The molecule has 0 aromatic heterocycles.